The van der Waals surface area contributed by atoms with Crippen LogP contribution in [0.15, 0.2) is 42.5 Å². The van der Waals surface area contributed by atoms with Crippen molar-refractivity contribution >= 4 is 29.0 Å². The van der Waals surface area contributed by atoms with E-state index in [0.29, 0.717) is 16.6 Å². The van der Waals surface area contributed by atoms with Crippen LogP contribution in [0.1, 0.15) is 21.6 Å². The zero-order valence-corrected chi connectivity index (χ0v) is 12.3. The summed E-state index contributed by atoms with van der Waals surface area (Å²) in [6, 6.07) is 10.5. The monoisotopic (exact) mass is 323 g/mol. The third-order valence-corrected chi connectivity index (χ3v) is 3.46. The molecule has 3 aromatic rings. The molecule has 0 aliphatic carbocycles. The Hall–Kier alpha value is -3.54. The summed E-state index contributed by atoms with van der Waals surface area (Å²) in [5.41, 5.74) is 1.03. The Kier molecular flexibility index (Phi) is 3.79. The molecule has 4 N–H and O–H groups in total. The summed E-state index contributed by atoms with van der Waals surface area (Å²) in [5.74, 6) is -1.74. The maximum absolute atomic E-state index is 11.1. The highest BCUT2D eigenvalue weighted by atomic mass is 16.4. The van der Waals surface area contributed by atoms with Crippen LogP contribution in [-0.2, 0) is 0 Å². The van der Waals surface area contributed by atoms with Crippen molar-refractivity contribution in [1.82, 2.24) is 4.98 Å². The highest BCUT2D eigenvalue weighted by molar-refractivity contribution is 5.99. The van der Waals surface area contributed by atoms with E-state index < -0.39 is 5.97 Å². The number of fused-ring (bicyclic) bond motifs is 1. The summed E-state index contributed by atoms with van der Waals surface area (Å²) >= 11 is 0. The van der Waals surface area contributed by atoms with Gasteiger partial charge in [-0.2, -0.15) is 0 Å². The summed E-state index contributed by atoms with van der Waals surface area (Å²) in [6.07, 6.45) is 3.26. The second-order valence-corrected chi connectivity index (χ2v) is 5.19. The quantitative estimate of drug-likeness (QED) is 0.589. The number of carboxylic acid groups (broad SMARTS) is 1. The first kappa shape index (κ1) is 15.4. The first-order chi connectivity index (χ1) is 11.4. The van der Waals surface area contributed by atoms with E-state index in [1.807, 2.05) is 0 Å². The molecule has 0 saturated heterocycles. The normalized spacial score (nSPS) is 11.2. The fourth-order valence-electron chi connectivity index (χ4n) is 2.35. The summed E-state index contributed by atoms with van der Waals surface area (Å²) in [7, 11) is 0. The van der Waals surface area contributed by atoms with Crippen LogP contribution in [0.25, 0.3) is 23.1 Å². The number of rotatable bonds is 3. The molecular weight excluding hydrogens is 310 g/mol. The third kappa shape index (κ3) is 2.98. The van der Waals surface area contributed by atoms with E-state index in [4.69, 9.17) is 5.11 Å². The highest BCUT2D eigenvalue weighted by Crippen LogP contribution is 2.28. The summed E-state index contributed by atoms with van der Waals surface area (Å²) in [4.78, 5) is 15.3. The Morgan fingerprint density at radius 1 is 0.917 bits per heavy atom. The minimum atomic E-state index is -1.23. The van der Waals surface area contributed by atoms with Gasteiger partial charge in [-0.05, 0) is 35.9 Å². The van der Waals surface area contributed by atoms with Crippen LogP contribution in [0, 0.1) is 0 Å². The molecule has 0 aliphatic heterocycles. The second-order valence-electron chi connectivity index (χ2n) is 5.19. The highest BCUT2D eigenvalue weighted by Gasteiger charge is 2.13. The Labute approximate surface area is 136 Å². The molecule has 120 valence electrons. The molecule has 0 spiro atoms. The predicted molar refractivity (Wildman–Crippen MR) is 89.1 cm³/mol. The number of aromatic carboxylic acids is 1. The maximum Gasteiger partial charge on any atom is 0.339 e. The molecule has 1 heterocycles. The van der Waals surface area contributed by atoms with Gasteiger partial charge in [0.15, 0.2) is 5.75 Å². The van der Waals surface area contributed by atoms with Crippen LogP contribution in [-0.4, -0.2) is 31.4 Å². The van der Waals surface area contributed by atoms with Gasteiger partial charge < -0.3 is 20.4 Å². The van der Waals surface area contributed by atoms with Gasteiger partial charge in [-0.3, -0.25) is 0 Å². The van der Waals surface area contributed by atoms with Gasteiger partial charge in [-0.1, -0.05) is 18.2 Å². The molecule has 0 amide bonds. The van der Waals surface area contributed by atoms with Gasteiger partial charge in [-0.15, -0.1) is 0 Å². The van der Waals surface area contributed by atoms with Crippen molar-refractivity contribution in [3.63, 3.8) is 0 Å². The molecular formula is C18H13NO5. The topological polar surface area (TPSA) is 111 Å². The second kappa shape index (κ2) is 5.92. The molecule has 0 fully saturated rings. The van der Waals surface area contributed by atoms with Crippen molar-refractivity contribution in [2.45, 2.75) is 0 Å². The maximum atomic E-state index is 11.1. The third-order valence-electron chi connectivity index (χ3n) is 3.46. The van der Waals surface area contributed by atoms with E-state index in [1.165, 1.54) is 24.3 Å². The molecule has 0 saturated carbocycles. The number of hydrogen-bond donors (Lipinski definition) is 4. The number of phenolic OH excluding ortho intramolecular Hbond substituents is 2. The van der Waals surface area contributed by atoms with Crippen LogP contribution in [0.5, 0.6) is 17.2 Å². The molecule has 0 radical (unpaired) electrons. The summed E-state index contributed by atoms with van der Waals surface area (Å²) in [6.45, 7) is 0. The molecule has 24 heavy (non-hydrogen) atoms. The predicted octanol–water partition coefficient (Wildman–Crippen LogP) is 3.22. The number of aromatic hydroxyl groups is 3. The van der Waals surface area contributed by atoms with Crippen LogP contribution in [0.3, 0.4) is 0 Å². The van der Waals surface area contributed by atoms with Gasteiger partial charge in [0.1, 0.15) is 22.6 Å². The smallest absolute Gasteiger partial charge is 0.339 e. The van der Waals surface area contributed by atoms with Gasteiger partial charge in [0.25, 0.3) is 0 Å². The van der Waals surface area contributed by atoms with Crippen molar-refractivity contribution in [2.75, 3.05) is 0 Å². The average molecular weight is 323 g/mol. The minimum absolute atomic E-state index is 0.0649. The van der Waals surface area contributed by atoms with Gasteiger partial charge in [0.2, 0.25) is 0 Å². The van der Waals surface area contributed by atoms with Gasteiger partial charge in [0, 0.05) is 11.5 Å². The van der Waals surface area contributed by atoms with E-state index in [0.717, 1.165) is 0 Å². The zero-order chi connectivity index (χ0) is 17.3. The number of pyridine rings is 1. The van der Waals surface area contributed by atoms with Crippen molar-refractivity contribution in [3.05, 3.63) is 59.3 Å². The van der Waals surface area contributed by atoms with E-state index in [-0.39, 0.29) is 28.3 Å². The Morgan fingerprint density at radius 3 is 2.25 bits per heavy atom. The molecule has 0 atom stereocenters. The van der Waals surface area contributed by atoms with Crippen molar-refractivity contribution in [3.8, 4) is 17.2 Å². The zero-order valence-electron chi connectivity index (χ0n) is 12.3. The standard InChI is InChI=1S/C18H13NO5/c20-13-7-10(8-14(21)9-13)1-4-12-5-2-11-3-6-15(18(23)24)17(22)16(11)19-12/h1-9,20-22H,(H,23,24)/b4-1+. The number of carbonyl (C=O) groups is 1. The molecule has 0 aliphatic rings. The number of benzene rings is 2. The molecule has 6 heteroatoms. The number of hydrogen-bond acceptors (Lipinski definition) is 5. The lowest BCUT2D eigenvalue weighted by Gasteiger charge is -2.05. The lowest BCUT2D eigenvalue weighted by molar-refractivity contribution is 0.0694. The van der Waals surface area contributed by atoms with Crippen molar-refractivity contribution in [1.29, 1.82) is 0 Å². The molecule has 1 aromatic heterocycles. The Morgan fingerprint density at radius 2 is 1.58 bits per heavy atom. The van der Waals surface area contributed by atoms with E-state index in [2.05, 4.69) is 4.98 Å². The first-order valence-corrected chi connectivity index (χ1v) is 7.01. The fourth-order valence-corrected chi connectivity index (χ4v) is 2.35. The lowest BCUT2D eigenvalue weighted by Crippen LogP contribution is -1.97. The van der Waals surface area contributed by atoms with Crippen LogP contribution < -0.4 is 0 Å². The Balaban J connectivity index is 2.02. The lowest BCUT2D eigenvalue weighted by atomic mass is 10.1. The minimum Gasteiger partial charge on any atom is -0.508 e. The van der Waals surface area contributed by atoms with Crippen LogP contribution in [0.4, 0.5) is 0 Å². The molecule has 6 nitrogen and oxygen atoms in total. The van der Waals surface area contributed by atoms with Crippen molar-refractivity contribution in [2.24, 2.45) is 0 Å². The summed E-state index contributed by atoms with van der Waals surface area (Å²) in [5, 5.41) is 38.6. The van der Waals surface area contributed by atoms with Crippen molar-refractivity contribution < 1.29 is 25.2 Å². The van der Waals surface area contributed by atoms with Gasteiger partial charge in [-0.25, -0.2) is 9.78 Å². The molecule has 0 bridgehead atoms. The van der Waals surface area contributed by atoms with E-state index in [9.17, 15) is 20.1 Å². The van der Waals surface area contributed by atoms with E-state index in [1.54, 1.807) is 30.4 Å². The van der Waals surface area contributed by atoms with Crippen LogP contribution >= 0.6 is 0 Å². The Bertz CT molecular complexity index is 958. The largest absolute Gasteiger partial charge is 0.508 e. The van der Waals surface area contributed by atoms with Crippen LogP contribution in [0.2, 0.25) is 0 Å². The number of carboxylic acids is 1. The SMILES string of the molecule is O=C(O)c1ccc2ccc(/C=C/c3cc(O)cc(O)c3)nc2c1O. The molecule has 2 aromatic carbocycles. The number of aromatic nitrogens is 1. The summed E-state index contributed by atoms with van der Waals surface area (Å²) < 4.78 is 0. The van der Waals surface area contributed by atoms with Gasteiger partial charge in [0.05, 0.1) is 5.69 Å². The van der Waals surface area contributed by atoms with Gasteiger partial charge >= 0.3 is 5.97 Å². The first-order valence-electron chi connectivity index (χ1n) is 7.01. The molecule has 0 unspecified atom stereocenters. The number of phenols is 3. The molecule has 3 rings (SSSR count). The number of nitrogens with zero attached hydrogens (tertiary/aromatic N) is 1. The average Bonchev–Trinajstić information content (AvgIpc) is 2.52. The van der Waals surface area contributed by atoms with E-state index >= 15 is 0 Å². The fraction of sp³-hybridized carbons (Fsp3) is 0.